The molecule has 2 aromatic rings. The lowest BCUT2D eigenvalue weighted by Crippen LogP contribution is -2.22. The number of hydrogen-bond donors (Lipinski definition) is 1. The Morgan fingerprint density at radius 3 is 2.58 bits per heavy atom. The van der Waals surface area contributed by atoms with Crippen molar-refractivity contribution in [2.75, 3.05) is 6.54 Å². The lowest BCUT2D eigenvalue weighted by atomic mass is 10.0. The van der Waals surface area contributed by atoms with E-state index >= 15 is 0 Å². The molecule has 102 valence electrons. The number of benzene rings is 1. The molecular formula is C16H20BrNS. The van der Waals surface area contributed by atoms with E-state index in [2.05, 4.69) is 71.5 Å². The van der Waals surface area contributed by atoms with Crippen molar-refractivity contribution in [1.82, 2.24) is 5.32 Å². The third-order valence-electron chi connectivity index (χ3n) is 3.21. The van der Waals surface area contributed by atoms with E-state index in [0.29, 0.717) is 6.04 Å². The van der Waals surface area contributed by atoms with Gasteiger partial charge in [0.1, 0.15) is 0 Å². The highest BCUT2D eigenvalue weighted by Gasteiger charge is 2.14. The van der Waals surface area contributed by atoms with Gasteiger partial charge in [-0.3, -0.25) is 0 Å². The summed E-state index contributed by atoms with van der Waals surface area (Å²) in [6.45, 7) is 5.38. The van der Waals surface area contributed by atoms with Gasteiger partial charge in [0.25, 0.3) is 0 Å². The Morgan fingerprint density at radius 1 is 1.16 bits per heavy atom. The molecule has 0 saturated heterocycles. The molecule has 0 bridgehead atoms. The highest BCUT2D eigenvalue weighted by atomic mass is 79.9. The minimum Gasteiger partial charge on any atom is -0.309 e. The number of likely N-dealkylation sites (N-methyl/N-ethyl adjacent to an activating group) is 1. The summed E-state index contributed by atoms with van der Waals surface area (Å²) >= 11 is 5.57. The van der Waals surface area contributed by atoms with Gasteiger partial charge in [0, 0.05) is 20.3 Å². The summed E-state index contributed by atoms with van der Waals surface area (Å²) in [7, 11) is 0. The van der Waals surface area contributed by atoms with E-state index in [4.69, 9.17) is 0 Å². The van der Waals surface area contributed by atoms with Crippen LogP contribution in [0.1, 0.15) is 35.2 Å². The molecule has 1 unspecified atom stereocenters. The molecule has 0 radical (unpaired) electrons. The Labute approximate surface area is 128 Å². The number of aryl methyl sites for hydroxylation is 1. The van der Waals surface area contributed by atoms with Crippen LogP contribution in [-0.4, -0.2) is 6.54 Å². The fourth-order valence-electron chi connectivity index (χ4n) is 2.18. The van der Waals surface area contributed by atoms with Crippen LogP contribution in [0.5, 0.6) is 0 Å². The van der Waals surface area contributed by atoms with Crippen LogP contribution in [0.2, 0.25) is 0 Å². The van der Waals surface area contributed by atoms with Gasteiger partial charge in [-0.15, -0.1) is 11.3 Å². The van der Waals surface area contributed by atoms with Crippen LogP contribution in [0.4, 0.5) is 0 Å². The molecule has 0 aliphatic rings. The predicted molar refractivity (Wildman–Crippen MR) is 88.0 cm³/mol. The minimum atomic E-state index is 0.411. The minimum absolute atomic E-state index is 0.411. The van der Waals surface area contributed by atoms with Crippen LogP contribution in [0.25, 0.3) is 0 Å². The second-order valence-electron chi connectivity index (χ2n) is 4.56. The van der Waals surface area contributed by atoms with Crippen LogP contribution in [0.3, 0.4) is 0 Å². The SMILES string of the molecule is CCNC(Cc1ccccc1Br)c1ccc(CC)s1. The average Bonchev–Trinajstić information content (AvgIpc) is 2.89. The van der Waals surface area contributed by atoms with Gasteiger partial charge >= 0.3 is 0 Å². The average molecular weight is 338 g/mol. The van der Waals surface area contributed by atoms with Crippen molar-refractivity contribution in [3.8, 4) is 0 Å². The van der Waals surface area contributed by atoms with Crippen molar-refractivity contribution < 1.29 is 0 Å². The fraction of sp³-hybridized carbons (Fsp3) is 0.375. The van der Waals surface area contributed by atoms with Crippen molar-refractivity contribution in [2.45, 2.75) is 32.7 Å². The number of thiophene rings is 1. The van der Waals surface area contributed by atoms with Gasteiger partial charge in [-0.2, -0.15) is 0 Å². The van der Waals surface area contributed by atoms with E-state index in [-0.39, 0.29) is 0 Å². The standard InChI is InChI=1S/C16H20BrNS/c1-3-13-9-10-16(19-13)15(18-4-2)11-12-7-5-6-8-14(12)17/h5-10,15,18H,3-4,11H2,1-2H3. The molecule has 1 N–H and O–H groups in total. The maximum absolute atomic E-state index is 3.64. The van der Waals surface area contributed by atoms with E-state index in [1.807, 2.05) is 11.3 Å². The van der Waals surface area contributed by atoms with E-state index in [1.54, 1.807) is 0 Å². The summed E-state index contributed by atoms with van der Waals surface area (Å²) in [5.74, 6) is 0. The van der Waals surface area contributed by atoms with Gasteiger partial charge < -0.3 is 5.32 Å². The molecule has 0 aliphatic carbocycles. The summed E-state index contributed by atoms with van der Waals surface area (Å²) in [5.41, 5.74) is 1.36. The van der Waals surface area contributed by atoms with Crippen molar-refractivity contribution in [3.05, 3.63) is 56.2 Å². The molecule has 1 nitrogen and oxygen atoms in total. The number of hydrogen-bond acceptors (Lipinski definition) is 2. The van der Waals surface area contributed by atoms with Gasteiger partial charge in [-0.05, 0) is 43.1 Å². The maximum atomic E-state index is 3.64. The van der Waals surface area contributed by atoms with Gasteiger partial charge in [0.2, 0.25) is 0 Å². The second kappa shape index (κ2) is 7.22. The molecule has 19 heavy (non-hydrogen) atoms. The molecule has 1 aromatic carbocycles. The molecule has 2 rings (SSSR count). The smallest absolute Gasteiger partial charge is 0.0456 e. The summed E-state index contributed by atoms with van der Waals surface area (Å²) in [4.78, 5) is 2.90. The summed E-state index contributed by atoms with van der Waals surface area (Å²) in [5, 5.41) is 3.60. The first kappa shape index (κ1) is 14.8. The Balaban J connectivity index is 2.18. The van der Waals surface area contributed by atoms with Crippen LogP contribution < -0.4 is 5.32 Å². The first-order chi connectivity index (χ1) is 9.24. The number of rotatable bonds is 6. The normalized spacial score (nSPS) is 12.6. The molecule has 3 heteroatoms. The van der Waals surface area contributed by atoms with E-state index < -0.39 is 0 Å². The molecule has 1 atom stereocenters. The third-order valence-corrected chi connectivity index (χ3v) is 5.32. The summed E-state index contributed by atoms with van der Waals surface area (Å²) < 4.78 is 1.20. The molecule has 0 amide bonds. The van der Waals surface area contributed by atoms with Gasteiger partial charge in [0.05, 0.1) is 0 Å². The van der Waals surface area contributed by atoms with Crippen LogP contribution >= 0.6 is 27.3 Å². The Morgan fingerprint density at radius 2 is 1.95 bits per heavy atom. The quantitative estimate of drug-likeness (QED) is 0.784. The fourth-order valence-corrected chi connectivity index (χ4v) is 3.65. The van der Waals surface area contributed by atoms with Crippen LogP contribution in [-0.2, 0) is 12.8 Å². The zero-order valence-electron chi connectivity index (χ0n) is 11.4. The second-order valence-corrected chi connectivity index (χ2v) is 6.62. The number of nitrogens with one attached hydrogen (secondary N) is 1. The highest BCUT2D eigenvalue weighted by molar-refractivity contribution is 9.10. The lowest BCUT2D eigenvalue weighted by molar-refractivity contribution is 0.557. The van der Waals surface area contributed by atoms with Gasteiger partial charge in [-0.25, -0.2) is 0 Å². The molecule has 0 saturated carbocycles. The van der Waals surface area contributed by atoms with E-state index in [1.165, 1.54) is 19.8 Å². The third kappa shape index (κ3) is 3.91. The largest absolute Gasteiger partial charge is 0.309 e. The van der Waals surface area contributed by atoms with Gasteiger partial charge in [-0.1, -0.05) is 48.0 Å². The van der Waals surface area contributed by atoms with Crippen molar-refractivity contribution in [3.63, 3.8) is 0 Å². The molecule has 0 aliphatic heterocycles. The zero-order chi connectivity index (χ0) is 13.7. The highest BCUT2D eigenvalue weighted by Crippen LogP contribution is 2.28. The zero-order valence-corrected chi connectivity index (χ0v) is 13.9. The summed E-state index contributed by atoms with van der Waals surface area (Å²) in [6, 6.07) is 13.4. The Kier molecular flexibility index (Phi) is 5.61. The lowest BCUT2D eigenvalue weighted by Gasteiger charge is -2.17. The van der Waals surface area contributed by atoms with E-state index in [9.17, 15) is 0 Å². The van der Waals surface area contributed by atoms with Crippen LogP contribution in [0.15, 0.2) is 40.9 Å². The van der Waals surface area contributed by atoms with Crippen LogP contribution in [0, 0.1) is 0 Å². The monoisotopic (exact) mass is 337 g/mol. The molecule has 1 heterocycles. The van der Waals surface area contributed by atoms with Crippen molar-refractivity contribution >= 4 is 27.3 Å². The first-order valence-electron chi connectivity index (χ1n) is 6.80. The maximum Gasteiger partial charge on any atom is 0.0456 e. The molecule has 0 fully saturated rings. The van der Waals surface area contributed by atoms with Crippen molar-refractivity contribution in [2.24, 2.45) is 0 Å². The molecule has 1 aromatic heterocycles. The topological polar surface area (TPSA) is 12.0 Å². The van der Waals surface area contributed by atoms with Crippen molar-refractivity contribution in [1.29, 1.82) is 0 Å². The molecular weight excluding hydrogens is 318 g/mol. The number of halogens is 1. The molecule has 0 spiro atoms. The Bertz CT molecular complexity index is 521. The first-order valence-corrected chi connectivity index (χ1v) is 8.41. The van der Waals surface area contributed by atoms with Gasteiger partial charge in [0.15, 0.2) is 0 Å². The Hall–Kier alpha value is -0.640. The van der Waals surface area contributed by atoms with E-state index in [0.717, 1.165) is 19.4 Å². The summed E-state index contributed by atoms with van der Waals surface area (Å²) in [6.07, 6.45) is 2.15. The predicted octanol–water partition coefficient (Wildman–Crippen LogP) is 4.97.